The first-order valence-electron chi connectivity index (χ1n) is 7.21. The highest BCUT2D eigenvalue weighted by molar-refractivity contribution is 8.02. The topological polar surface area (TPSA) is 85.4 Å². The molecule has 24 heavy (non-hydrogen) atoms. The van der Waals surface area contributed by atoms with Crippen LogP contribution in [0.5, 0.6) is 11.5 Å². The number of nitrogens with zero attached hydrogens (tertiary/aromatic N) is 2. The highest BCUT2D eigenvalue weighted by Crippen LogP contribution is 2.35. The van der Waals surface area contributed by atoms with Crippen LogP contribution >= 0.6 is 23.1 Å². The van der Waals surface area contributed by atoms with Gasteiger partial charge in [0, 0.05) is 18.3 Å². The average molecular weight is 364 g/mol. The Morgan fingerprint density at radius 3 is 3.12 bits per heavy atom. The van der Waals surface area contributed by atoms with Crippen molar-refractivity contribution in [3.05, 3.63) is 30.9 Å². The lowest BCUT2D eigenvalue weighted by atomic mass is 10.2. The Hall–Kier alpha value is -2.26. The predicted molar refractivity (Wildman–Crippen MR) is 95.1 cm³/mol. The minimum absolute atomic E-state index is 0.116. The number of ether oxygens (including phenoxy) is 2. The minimum atomic E-state index is -0.310. The molecule has 126 valence electrons. The van der Waals surface area contributed by atoms with Gasteiger partial charge in [-0.15, -0.1) is 16.8 Å². The van der Waals surface area contributed by atoms with Gasteiger partial charge in [0.25, 0.3) is 0 Å². The summed E-state index contributed by atoms with van der Waals surface area (Å²) in [5, 5.41) is 14.4. The number of anilines is 2. The molecule has 1 atom stereocenters. The van der Waals surface area contributed by atoms with Crippen molar-refractivity contribution in [1.82, 2.24) is 10.2 Å². The Bertz CT molecular complexity index is 750. The summed E-state index contributed by atoms with van der Waals surface area (Å²) in [5.74, 6) is 1.20. The van der Waals surface area contributed by atoms with E-state index in [1.807, 2.05) is 6.92 Å². The summed E-state index contributed by atoms with van der Waals surface area (Å²) in [4.78, 5) is 12.3. The van der Waals surface area contributed by atoms with Crippen molar-refractivity contribution in [3.8, 4) is 11.5 Å². The van der Waals surface area contributed by atoms with E-state index in [2.05, 4.69) is 27.4 Å². The first-order chi connectivity index (χ1) is 11.7. The SMILES string of the molecule is C=CCNc1nnc(S[C@H](C)C(=O)Nc2ccc3c(c2)OCO3)s1. The Morgan fingerprint density at radius 1 is 1.46 bits per heavy atom. The highest BCUT2D eigenvalue weighted by Gasteiger charge is 2.19. The molecule has 0 radical (unpaired) electrons. The third-order valence-corrected chi connectivity index (χ3v) is 5.16. The lowest BCUT2D eigenvalue weighted by molar-refractivity contribution is -0.115. The number of rotatable bonds is 7. The number of carbonyl (C=O) groups is 1. The molecule has 2 heterocycles. The highest BCUT2D eigenvalue weighted by atomic mass is 32.2. The van der Waals surface area contributed by atoms with Crippen LogP contribution in [0.1, 0.15) is 6.92 Å². The largest absolute Gasteiger partial charge is 0.454 e. The van der Waals surface area contributed by atoms with E-state index in [-0.39, 0.29) is 18.0 Å². The molecule has 0 saturated carbocycles. The Morgan fingerprint density at radius 2 is 2.29 bits per heavy atom. The number of benzene rings is 1. The lowest BCUT2D eigenvalue weighted by Gasteiger charge is -2.10. The standard InChI is InChI=1S/C15H16N4O3S2/c1-3-6-16-14-18-19-15(24-14)23-9(2)13(20)17-10-4-5-11-12(7-10)22-8-21-11/h3-5,7,9H,1,6,8H2,2H3,(H,16,18)(H,17,20)/t9-/m1/s1. The zero-order chi connectivity index (χ0) is 16.9. The molecule has 2 aromatic rings. The molecule has 1 aliphatic heterocycles. The zero-order valence-electron chi connectivity index (χ0n) is 12.9. The van der Waals surface area contributed by atoms with Crippen molar-refractivity contribution in [1.29, 1.82) is 0 Å². The van der Waals surface area contributed by atoms with Gasteiger partial charge in [-0.2, -0.15) is 0 Å². The van der Waals surface area contributed by atoms with Crippen LogP contribution < -0.4 is 20.1 Å². The van der Waals surface area contributed by atoms with E-state index >= 15 is 0 Å². The molecule has 0 unspecified atom stereocenters. The number of carbonyl (C=O) groups excluding carboxylic acids is 1. The van der Waals surface area contributed by atoms with Gasteiger partial charge in [-0.3, -0.25) is 4.79 Å². The fourth-order valence-electron chi connectivity index (χ4n) is 1.91. The van der Waals surface area contributed by atoms with Crippen molar-refractivity contribution < 1.29 is 14.3 Å². The Labute approximate surface area is 147 Å². The van der Waals surface area contributed by atoms with Crippen molar-refractivity contribution in [3.63, 3.8) is 0 Å². The molecule has 2 N–H and O–H groups in total. The molecule has 1 aromatic heterocycles. The fraction of sp³-hybridized carbons (Fsp3) is 0.267. The third kappa shape index (κ3) is 3.98. The van der Waals surface area contributed by atoms with Crippen LogP contribution in [0, 0.1) is 0 Å². The Balaban J connectivity index is 1.56. The van der Waals surface area contributed by atoms with E-state index < -0.39 is 0 Å². The third-order valence-electron chi connectivity index (χ3n) is 3.09. The van der Waals surface area contributed by atoms with Gasteiger partial charge in [0.2, 0.25) is 17.8 Å². The van der Waals surface area contributed by atoms with Gasteiger partial charge < -0.3 is 20.1 Å². The summed E-state index contributed by atoms with van der Waals surface area (Å²) in [5.41, 5.74) is 0.669. The number of thioether (sulfide) groups is 1. The number of fused-ring (bicyclic) bond motifs is 1. The summed E-state index contributed by atoms with van der Waals surface area (Å²) in [6.07, 6.45) is 1.75. The van der Waals surface area contributed by atoms with E-state index in [9.17, 15) is 4.79 Å². The van der Waals surface area contributed by atoms with E-state index in [4.69, 9.17) is 9.47 Å². The predicted octanol–water partition coefficient (Wildman–Crippen LogP) is 2.98. The molecule has 7 nitrogen and oxygen atoms in total. The summed E-state index contributed by atoms with van der Waals surface area (Å²) >= 11 is 2.77. The molecule has 0 fully saturated rings. The molecule has 9 heteroatoms. The number of aromatic nitrogens is 2. The van der Waals surface area contributed by atoms with Crippen LogP contribution in [0.15, 0.2) is 35.2 Å². The van der Waals surface area contributed by atoms with Crippen LogP contribution in [0.25, 0.3) is 0 Å². The van der Waals surface area contributed by atoms with Crippen molar-refractivity contribution >= 4 is 39.8 Å². The van der Waals surface area contributed by atoms with E-state index in [0.29, 0.717) is 28.9 Å². The number of amides is 1. The molecular formula is C15H16N4O3S2. The van der Waals surface area contributed by atoms with Crippen molar-refractivity contribution in [2.24, 2.45) is 0 Å². The van der Waals surface area contributed by atoms with Gasteiger partial charge in [-0.1, -0.05) is 29.2 Å². The van der Waals surface area contributed by atoms with Gasteiger partial charge >= 0.3 is 0 Å². The minimum Gasteiger partial charge on any atom is -0.454 e. The second-order valence-corrected chi connectivity index (χ2v) is 7.43. The summed E-state index contributed by atoms with van der Waals surface area (Å²) in [6.45, 7) is 6.29. The molecule has 3 rings (SSSR count). The maximum atomic E-state index is 12.3. The maximum absolute atomic E-state index is 12.3. The second-order valence-electron chi connectivity index (χ2n) is 4.86. The lowest BCUT2D eigenvalue weighted by Crippen LogP contribution is -2.22. The molecule has 0 spiro atoms. The normalized spacial score (nSPS) is 13.4. The van der Waals surface area contributed by atoms with Gasteiger partial charge in [0.15, 0.2) is 15.8 Å². The van der Waals surface area contributed by atoms with Gasteiger partial charge in [-0.05, 0) is 19.1 Å². The smallest absolute Gasteiger partial charge is 0.237 e. The quantitative estimate of drug-likeness (QED) is 0.577. The van der Waals surface area contributed by atoms with Crippen molar-refractivity contribution in [2.45, 2.75) is 16.5 Å². The molecular weight excluding hydrogens is 348 g/mol. The molecule has 1 aliphatic rings. The average Bonchev–Trinajstić information content (AvgIpc) is 3.21. The first-order valence-corrected chi connectivity index (χ1v) is 8.91. The monoisotopic (exact) mass is 364 g/mol. The van der Waals surface area contributed by atoms with Crippen molar-refractivity contribution in [2.75, 3.05) is 24.0 Å². The molecule has 1 aromatic carbocycles. The number of nitrogens with one attached hydrogen (secondary N) is 2. The van der Waals surface area contributed by atoms with Crippen LogP contribution in [-0.2, 0) is 4.79 Å². The van der Waals surface area contributed by atoms with Gasteiger partial charge in [0.1, 0.15) is 0 Å². The van der Waals surface area contributed by atoms with Crippen LogP contribution in [-0.4, -0.2) is 34.7 Å². The van der Waals surface area contributed by atoms with Crippen LogP contribution in [0.2, 0.25) is 0 Å². The number of hydrogen-bond donors (Lipinski definition) is 2. The molecule has 0 aliphatic carbocycles. The fourth-order valence-corrected chi connectivity index (χ4v) is 3.81. The zero-order valence-corrected chi connectivity index (χ0v) is 14.6. The van der Waals surface area contributed by atoms with Gasteiger partial charge in [0.05, 0.1) is 5.25 Å². The number of hydrogen-bond acceptors (Lipinski definition) is 8. The second kappa shape index (κ2) is 7.54. The maximum Gasteiger partial charge on any atom is 0.237 e. The Kier molecular flexibility index (Phi) is 5.21. The van der Waals surface area contributed by atoms with Crippen LogP contribution in [0.4, 0.5) is 10.8 Å². The van der Waals surface area contributed by atoms with Crippen LogP contribution in [0.3, 0.4) is 0 Å². The molecule has 1 amide bonds. The summed E-state index contributed by atoms with van der Waals surface area (Å²) < 4.78 is 11.3. The van der Waals surface area contributed by atoms with Gasteiger partial charge in [-0.25, -0.2) is 0 Å². The summed E-state index contributed by atoms with van der Waals surface area (Å²) in [7, 11) is 0. The molecule has 0 saturated heterocycles. The molecule has 0 bridgehead atoms. The van der Waals surface area contributed by atoms with E-state index in [1.165, 1.54) is 23.1 Å². The van der Waals surface area contributed by atoms with E-state index in [1.54, 1.807) is 24.3 Å². The van der Waals surface area contributed by atoms with E-state index in [0.717, 1.165) is 4.34 Å². The summed E-state index contributed by atoms with van der Waals surface area (Å²) in [6, 6.07) is 5.31. The first kappa shape index (κ1) is 16.6.